The fourth-order valence-corrected chi connectivity index (χ4v) is 9.58. The van der Waals surface area contributed by atoms with Gasteiger partial charge in [0.25, 0.3) is 0 Å². The highest BCUT2D eigenvalue weighted by molar-refractivity contribution is 7.26. The molecule has 0 saturated heterocycles. The van der Waals surface area contributed by atoms with E-state index in [1.165, 1.54) is 14.8 Å². The van der Waals surface area contributed by atoms with Crippen molar-refractivity contribution in [1.82, 2.24) is 5.32 Å². The quantitative estimate of drug-likeness (QED) is 0.197. The Bertz CT molecular complexity index is 3410. The summed E-state index contributed by atoms with van der Waals surface area (Å²) in [5.41, 5.74) is 8.57. The number of hydrogen-bond acceptors (Lipinski definition) is 6. The molecule has 8 aromatic carbocycles. The zero-order valence-corrected chi connectivity index (χ0v) is 30.1. The van der Waals surface area contributed by atoms with E-state index >= 15 is 0 Å². The predicted molar refractivity (Wildman–Crippen MR) is 229 cm³/mol. The van der Waals surface area contributed by atoms with Gasteiger partial charge in [0.05, 0.1) is 0 Å². The molecule has 11 aromatic rings. The Morgan fingerprint density at radius 3 is 2.05 bits per heavy atom. The standard InChI is InChI=1S/C49H29N3O2S/c1-3-13-28(14-4-1)47-50-48(29-15-5-2-6-16-29)52-49(51-47)35-24-23-33(44-42(35)38-25-30-17-7-8-18-31(30)26-40(38)54-44)37-27-36-32-19-9-11-21-39(32)53-45(36)43-34-20-10-12-22-41(34)55-46(37)43/h1-27,47H,(H,50,51,52). The molecule has 12 rings (SSSR count). The molecule has 1 aliphatic rings. The minimum atomic E-state index is -0.326. The normalized spacial score (nSPS) is 14.7. The largest absolute Gasteiger partial charge is 0.455 e. The summed E-state index contributed by atoms with van der Waals surface area (Å²) in [5.74, 6) is 1.43. The van der Waals surface area contributed by atoms with Gasteiger partial charge in [0, 0.05) is 64.0 Å². The Morgan fingerprint density at radius 1 is 0.509 bits per heavy atom. The van der Waals surface area contributed by atoms with Crippen molar-refractivity contribution in [2.45, 2.75) is 6.17 Å². The van der Waals surface area contributed by atoms with Gasteiger partial charge in [-0.25, -0.2) is 9.98 Å². The Kier molecular flexibility index (Phi) is 6.50. The van der Waals surface area contributed by atoms with Crippen molar-refractivity contribution in [2.24, 2.45) is 9.98 Å². The van der Waals surface area contributed by atoms with E-state index in [0.29, 0.717) is 5.84 Å². The zero-order chi connectivity index (χ0) is 36.0. The summed E-state index contributed by atoms with van der Waals surface area (Å²) < 4.78 is 16.1. The maximum Gasteiger partial charge on any atom is 0.159 e. The monoisotopic (exact) mass is 723 g/mol. The van der Waals surface area contributed by atoms with Gasteiger partial charge in [-0.15, -0.1) is 11.3 Å². The molecular formula is C49H29N3O2S. The van der Waals surface area contributed by atoms with Crippen LogP contribution in [-0.2, 0) is 0 Å². The highest BCUT2D eigenvalue weighted by atomic mass is 32.1. The molecule has 1 unspecified atom stereocenters. The predicted octanol–water partition coefficient (Wildman–Crippen LogP) is 13.2. The summed E-state index contributed by atoms with van der Waals surface area (Å²) in [6, 6.07) is 57.1. The molecule has 0 bridgehead atoms. The second kappa shape index (κ2) is 11.7. The lowest BCUT2D eigenvalue weighted by Gasteiger charge is -2.24. The first-order valence-electron chi connectivity index (χ1n) is 18.4. The maximum absolute atomic E-state index is 7.07. The molecule has 6 heteroatoms. The molecule has 0 amide bonds. The summed E-state index contributed by atoms with van der Waals surface area (Å²) in [5, 5.41) is 12.6. The Morgan fingerprint density at radius 2 is 1.20 bits per heavy atom. The summed E-state index contributed by atoms with van der Waals surface area (Å²) in [6.07, 6.45) is -0.326. The molecule has 3 aromatic heterocycles. The van der Waals surface area contributed by atoms with Crippen molar-refractivity contribution >= 4 is 97.8 Å². The van der Waals surface area contributed by atoms with Gasteiger partial charge in [0.15, 0.2) is 5.84 Å². The first-order valence-corrected chi connectivity index (χ1v) is 19.2. The van der Waals surface area contributed by atoms with Crippen molar-refractivity contribution in [3.63, 3.8) is 0 Å². The van der Waals surface area contributed by atoms with Crippen LogP contribution < -0.4 is 5.32 Å². The van der Waals surface area contributed by atoms with Crippen LogP contribution in [-0.4, -0.2) is 11.7 Å². The van der Waals surface area contributed by atoms with Crippen LogP contribution in [0.4, 0.5) is 0 Å². The van der Waals surface area contributed by atoms with Crippen molar-refractivity contribution in [1.29, 1.82) is 0 Å². The number of para-hydroxylation sites is 1. The SMILES string of the molecule is c1ccc(C2=NC(c3ccccc3)NC(c3ccc(-c4cc5c6ccccc6oc5c5c4sc4ccccc45)c4oc5cc6ccccc6cc5c34)=N2)cc1. The molecule has 1 aliphatic heterocycles. The fourth-order valence-electron chi connectivity index (χ4n) is 8.35. The Labute approximate surface area is 318 Å². The molecule has 0 aliphatic carbocycles. The van der Waals surface area contributed by atoms with Gasteiger partial charge in [-0.05, 0) is 58.8 Å². The van der Waals surface area contributed by atoms with Crippen LogP contribution >= 0.6 is 11.3 Å². The first kappa shape index (κ1) is 30.4. The van der Waals surface area contributed by atoms with Crippen LogP contribution in [0.25, 0.3) is 85.9 Å². The van der Waals surface area contributed by atoms with E-state index in [1.807, 2.05) is 30.3 Å². The Balaban J connectivity index is 1.18. The number of fused-ring (bicyclic) bond motifs is 11. The number of hydrogen-bond donors (Lipinski definition) is 1. The molecule has 5 nitrogen and oxygen atoms in total. The summed E-state index contributed by atoms with van der Waals surface area (Å²) in [4.78, 5) is 10.4. The number of nitrogens with one attached hydrogen (secondary N) is 1. The smallest absolute Gasteiger partial charge is 0.159 e. The topological polar surface area (TPSA) is 63.0 Å². The van der Waals surface area contributed by atoms with Crippen molar-refractivity contribution in [3.05, 3.63) is 180 Å². The molecular weight excluding hydrogens is 695 g/mol. The zero-order valence-electron chi connectivity index (χ0n) is 29.3. The molecule has 0 spiro atoms. The number of rotatable bonds is 4. The number of aliphatic imine (C=N–C) groups is 2. The number of amidine groups is 2. The lowest BCUT2D eigenvalue weighted by molar-refractivity contribution is 0.669. The third-order valence-corrected chi connectivity index (χ3v) is 12.1. The third-order valence-electron chi connectivity index (χ3n) is 10.9. The van der Waals surface area contributed by atoms with Gasteiger partial charge >= 0.3 is 0 Å². The van der Waals surface area contributed by atoms with E-state index < -0.39 is 0 Å². The minimum absolute atomic E-state index is 0.326. The van der Waals surface area contributed by atoms with Crippen LogP contribution in [0.3, 0.4) is 0 Å². The summed E-state index contributed by atoms with van der Waals surface area (Å²) in [6.45, 7) is 0. The molecule has 0 radical (unpaired) electrons. The van der Waals surface area contributed by atoms with Gasteiger partial charge in [0.1, 0.15) is 34.3 Å². The van der Waals surface area contributed by atoms with E-state index in [1.54, 1.807) is 11.3 Å². The highest BCUT2D eigenvalue weighted by Crippen LogP contribution is 2.49. The number of benzene rings is 8. The van der Waals surface area contributed by atoms with Gasteiger partial charge in [0.2, 0.25) is 0 Å². The van der Waals surface area contributed by atoms with Crippen molar-refractivity contribution < 1.29 is 8.83 Å². The average molecular weight is 724 g/mol. The molecule has 4 heterocycles. The van der Waals surface area contributed by atoms with Gasteiger partial charge in [-0.3, -0.25) is 0 Å². The Hall–Kier alpha value is -7.02. The summed E-state index contributed by atoms with van der Waals surface area (Å²) in [7, 11) is 0. The average Bonchev–Trinajstić information content (AvgIpc) is 3.94. The highest BCUT2D eigenvalue weighted by Gasteiger charge is 2.27. The molecule has 0 saturated carbocycles. The minimum Gasteiger partial charge on any atom is -0.455 e. The number of nitrogens with zero attached hydrogens (tertiary/aromatic N) is 2. The lowest BCUT2D eigenvalue weighted by atomic mass is 9.94. The molecule has 0 fully saturated rings. The maximum atomic E-state index is 7.07. The van der Waals surface area contributed by atoms with Gasteiger partial charge in [-0.1, -0.05) is 121 Å². The van der Waals surface area contributed by atoms with E-state index in [0.717, 1.165) is 93.7 Å². The van der Waals surface area contributed by atoms with E-state index in [9.17, 15) is 0 Å². The summed E-state index contributed by atoms with van der Waals surface area (Å²) >= 11 is 1.80. The molecule has 258 valence electrons. The molecule has 1 atom stereocenters. The second-order valence-electron chi connectivity index (χ2n) is 14.1. The van der Waals surface area contributed by atoms with Crippen LogP contribution in [0.2, 0.25) is 0 Å². The number of furan rings is 2. The second-order valence-corrected chi connectivity index (χ2v) is 15.2. The molecule has 55 heavy (non-hydrogen) atoms. The molecule has 1 N–H and O–H groups in total. The van der Waals surface area contributed by atoms with E-state index in [-0.39, 0.29) is 6.17 Å². The van der Waals surface area contributed by atoms with Crippen LogP contribution in [0, 0.1) is 0 Å². The van der Waals surface area contributed by atoms with Crippen LogP contribution in [0.1, 0.15) is 22.9 Å². The van der Waals surface area contributed by atoms with Gasteiger partial charge in [-0.2, -0.15) is 0 Å². The van der Waals surface area contributed by atoms with E-state index in [4.69, 9.17) is 18.8 Å². The van der Waals surface area contributed by atoms with Crippen LogP contribution in [0.15, 0.2) is 183 Å². The fraction of sp³-hybridized carbons (Fsp3) is 0.0204. The van der Waals surface area contributed by atoms with E-state index in [2.05, 4.69) is 139 Å². The number of thiophene rings is 1. The first-order chi connectivity index (χ1) is 27.2. The van der Waals surface area contributed by atoms with Crippen molar-refractivity contribution in [2.75, 3.05) is 0 Å². The lowest BCUT2D eigenvalue weighted by Crippen LogP contribution is -2.33. The third kappa shape index (κ3) is 4.65. The van der Waals surface area contributed by atoms with Crippen molar-refractivity contribution in [3.8, 4) is 11.1 Å². The van der Waals surface area contributed by atoms with Gasteiger partial charge < -0.3 is 14.2 Å². The van der Waals surface area contributed by atoms with Crippen LogP contribution in [0.5, 0.6) is 0 Å².